The number of unbranched alkanes of at least 4 members (excludes halogenated alkanes) is 1. The summed E-state index contributed by atoms with van der Waals surface area (Å²) in [5.41, 5.74) is 5.71. The summed E-state index contributed by atoms with van der Waals surface area (Å²) in [7, 11) is 1.38. The molecule has 0 bridgehead atoms. The molecule has 1 aromatic heterocycles. The highest BCUT2D eigenvalue weighted by atomic mass is 32.2. The molecular formula is C36H46N2O7S. The number of aryl methyl sites for hydroxylation is 1. The number of nitrogens with zero attached hydrogens (tertiary/aromatic N) is 2. The van der Waals surface area contributed by atoms with Gasteiger partial charge in [0, 0.05) is 35.7 Å². The van der Waals surface area contributed by atoms with Crippen LogP contribution in [0, 0.1) is 0 Å². The number of carbonyl (C=O) groups excluding carboxylic acids is 1. The summed E-state index contributed by atoms with van der Waals surface area (Å²) in [5.74, 6) is 1.96. The molecular weight excluding hydrogens is 604 g/mol. The van der Waals surface area contributed by atoms with Crippen LogP contribution in [0.25, 0.3) is 5.57 Å². The molecule has 1 fully saturated rings. The highest BCUT2D eigenvalue weighted by Crippen LogP contribution is 2.34. The Morgan fingerprint density at radius 3 is 2.30 bits per heavy atom. The third-order valence-corrected chi connectivity index (χ3v) is 8.77. The van der Waals surface area contributed by atoms with Gasteiger partial charge in [-0.2, -0.15) is 8.42 Å². The lowest BCUT2D eigenvalue weighted by Crippen LogP contribution is -2.31. The van der Waals surface area contributed by atoms with Crippen LogP contribution in [0.5, 0.6) is 17.4 Å². The fourth-order valence-electron chi connectivity index (χ4n) is 5.59. The number of amides is 1. The second-order valence-electron chi connectivity index (χ2n) is 12.6. The fraction of sp³-hybridized carbons (Fsp3) is 0.444. The van der Waals surface area contributed by atoms with Crippen molar-refractivity contribution >= 4 is 21.6 Å². The van der Waals surface area contributed by atoms with Crippen LogP contribution in [0.15, 0.2) is 60.7 Å². The molecule has 4 rings (SSSR count). The van der Waals surface area contributed by atoms with E-state index in [4.69, 9.17) is 23.4 Å². The Bertz CT molecular complexity index is 1640. The number of hydrogen-bond donors (Lipinski definition) is 0. The topological polar surface area (TPSA) is 104 Å². The Hall–Kier alpha value is -3.89. The number of benzene rings is 2. The van der Waals surface area contributed by atoms with Crippen molar-refractivity contribution in [1.29, 1.82) is 0 Å². The number of aromatic nitrogens is 1. The second-order valence-corrected chi connectivity index (χ2v) is 14.2. The molecule has 10 heteroatoms. The Morgan fingerprint density at radius 2 is 1.67 bits per heavy atom. The zero-order valence-corrected chi connectivity index (χ0v) is 28.8. The lowest BCUT2D eigenvalue weighted by Gasteiger charge is -2.25. The Kier molecular flexibility index (Phi) is 11.5. The number of hydrogen-bond acceptors (Lipinski definition) is 8. The van der Waals surface area contributed by atoms with E-state index in [-0.39, 0.29) is 24.0 Å². The van der Waals surface area contributed by atoms with E-state index in [2.05, 4.69) is 51.1 Å². The molecule has 2 aromatic carbocycles. The minimum atomic E-state index is -3.46. The van der Waals surface area contributed by atoms with E-state index in [1.54, 1.807) is 21.3 Å². The summed E-state index contributed by atoms with van der Waals surface area (Å²) in [6, 6.07) is 18.0. The normalized spacial score (nSPS) is 15.7. The molecule has 0 spiro atoms. The smallest absolute Gasteiger partial charge is 0.264 e. The van der Waals surface area contributed by atoms with Gasteiger partial charge >= 0.3 is 0 Å². The van der Waals surface area contributed by atoms with Gasteiger partial charge in [0.25, 0.3) is 10.1 Å². The number of likely N-dealkylation sites (tertiary alicyclic amines) is 1. The quantitative estimate of drug-likeness (QED) is 0.147. The average Bonchev–Trinajstić information content (AvgIpc) is 3.37. The first-order chi connectivity index (χ1) is 21.8. The van der Waals surface area contributed by atoms with E-state index in [9.17, 15) is 13.2 Å². The summed E-state index contributed by atoms with van der Waals surface area (Å²) in [6.07, 6.45) is 6.32. The standard InChI is InChI=1S/C36H46N2O7S/c1-36(2,3)28-15-11-25(12-16-28)31(32-19-14-26(35(37-32)44-6)10-8-9-21-45-46(7,40)41)22-29-17-20-34(39)38(29)24-27-13-18-30(42-4)23-33(27)43-5/h11-16,18-19,22-23,29H,8-10,17,20-21,24H2,1-7H3/b31-22+/t29-/m1/s1. The molecule has 1 aliphatic rings. The molecule has 0 saturated carbocycles. The van der Waals surface area contributed by atoms with E-state index in [1.165, 1.54) is 5.56 Å². The van der Waals surface area contributed by atoms with Crippen molar-refractivity contribution in [2.45, 2.75) is 70.9 Å². The molecule has 46 heavy (non-hydrogen) atoms. The summed E-state index contributed by atoms with van der Waals surface area (Å²) >= 11 is 0. The molecule has 1 saturated heterocycles. The molecule has 1 atom stereocenters. The molecule has 9 nitrogen and oxygen atoms in total. The summed E-state index contributed by atoms with van der Waals surface area (Å²) in [5, 5.41) is 0. The van der Waals surface area contributed by atoms with Crippen LogP contribution in [0.4, 0.5) is 0 Å². The average molecular weight is 651 g/mol. The van der Waals surface area contributed by atoms with E-state index < -0.39 is 10.1 Å². The van der Waals surface area contributed by atoms with Gasteiger partial charge in [0.05, 0.1) is 45.9 Å². The summed E-state index contributed by atoms with van der Waals surface area (Å²) in [6.45, 7) is 7.11. The van der Waals surface area contributed by atoms with Gasteiger partial charge in [-0.05, 0) is 60.4 Å². The van der Waals surface area contributed by atoms with E-state index >= 15 is 0 Å². The van der Waals surface area contributed by atoms with E-state index in [0.29, 0.717) is 49.6 Å². The maximum absolute atomic E-state index is 13.2. The van der Waals surface area contributed by atoms with Gasteiger partial charge in [0.1, 0.15) is 11.5 Å². The molecule has 2 heterocycles. The maximum Gasteiger partial charge on any atom is 0.264 e. The van der Waals surface area contributed by atoms with Crippen LogP contribution in [0.2, 0.25) is 0 Å². The lowest BCUT2D eigenvalue weighted by molar-refractivity contribution is -0.129. The second kappa shape index (κ2) is 15.1. The number of pyridine rings is 1. The van der Waals surface area contributed by atoms with Crippen LogP contribution in [-0.2, 0) is 37.5 Å². The first kappa shape index (κ1) is 35.0. The first-order valence-electron chi connectivity index (χ1n) is 15.5. The monoisotopic (exact) mass is 650 g/mol. The highest BCUT2D eigenvalue weighted by molar-refractivity contribution is 7.85. The molecule has 1 amide bonds. The Labute approximate surface area is 273 Å². The van der Waals surface area contributed by atoms with E-state index in [0.717, 1.165) is 40.6 Å². The Morgan fingerprint density at radius 1 is 0.957 bits per heavy atom. The molecule has 0 radical (unpaired) electrons. The third kappa shape index (κ3) is 9.10. The lowest BCUT2D eigenvalue weighted by atomic mass is 9.86. The number of ether oxygens (including phenoxy) is 3. The van der Waals surface area contributed by atoms with Crippen molar-refractivity contribution in [3.63, 3.8) is 0 Å². The predicted octanol–water partition coefficient (Wildman–Crippen LogP) is 6.33. The molecule has 3 aromatic rings. The maximum atomic E-state index is 13.2. The summed E-state index contributed by atoms with van der Waals surface area (Å²) < 4.78 is 44.1. The van der Waals surface area contributed by atoms with Crippen LogP contribution in [0.1, 0.15) is 74.4 Å². The third-order valence-electron chi connectivity index (χ3n) is 8.18. The SMILES string of the molecule is COc1ccc(CN2C(=O)CC[C@@H]2/C=C(\c2ccc(C(C)(C)C)cc2)c2ccc(CCCCOS(C)(=O)=O)c(OC)n2)c(OC)c1. The van der Waals surface area contributed by atoms with Gasteiger partial charge in [-0.15, -0.1) is 0 Å². The fourth-order valence-corrected chi connectivity index (χ4v) is 6.01. The van der Waals surface area contributed by atoms with Crippen molar-refractivity contribution in [2.24, 2.45) is 0 Å². The van der Waals surface area contributed by atoms with Gasteiger partial charge in [-0.3, -0.25) is 8.98 Å². The van der Waals surface area contributed by atoms with Gasteiger partial charge < -0.3 is 19.1 Å². The zero-order valence-electron chi connectivity index (χ0n) is 28.0. The minimum Gasteiger partial charge on any atom is -0.497 e. The molecule has 1 aliphatic heterocycles. The highest BCUT2D eigenvalue weighted by Gasteiger charge is 2.31. The first-order valence-corrected chi connectivity index (χ1v) is 17.4. The number of carbonyl (C=O) groups is 1. The van der Waals surface area contributed by atoms with Crippen molar-refractivity contribution in [3.05, 3.63) is 88.6 Å². The number of rotatable bonds is 14. The van der Waals surface area contributed by atoms with Crippen molar-refractivity contribution in [2.75, 3.05) is 34.2 Å². The van der Waals surface area contributed by atoms with Crippen molar-refractivity contribution in [3.8, 4) is 17.4 Å². The molecule has 0 N–H and O–H groups in total. The largest absolute Gasteiger partial charge is 0.497 e. The zero-order chi connectivity index (χ0) is 33.5. The van der Waals surface area contributed by atoms with Gasteiger partial charge in [0.15, 0.2) is 0 Å². The van der Waals surface area contributed by atoms with Gasteiger partial charge in [0.2, 0.25) is 11.8 Å². The van der Waals surface area contributed by atoms with E-state index in [1.807, 2.05) is 35.2 Å². The summed E-state index contributed by atoms with van der Waals surface area (Å²) in [4.78, 5) is 20.1. The van der Waals surface area contributed by atoms with Crippen LogP contribution >= 0.6 is 0 Å². The van der Waals surface area contributed by atoms with Gasteiger partial charge in [-0.1, -0.05) is 57.2 Å². The molecule has 0 aliphatic carbocycles. The van der Waals surface area contributed by atoms with Crippen LogP contribution in [-0.4, -0.2) is 64.4 Å². The Balaban J connectivity index is 1.68. The van der Waals surface area contributed by atoms with Crippen LogP contribution in [0.3, 0.4) is 0 Å². The van der Waals surface area contributed by atoms with Crippen molar-refractivity contribution < 1.29 is 31.6 Å². The van der Waals surface area contributed by atoms with Gasteiger partial charge in [-0.25, -0.2) is 4.98 Å². The minimum absolute atomic E-state index is 0.00394. The predicted molar refractivity (Wildman–Crippen MR) is 180 cm³/mol. The van der Waals surface area contributed by atoms with Crippen molar-refractivity contribution in [1.82, 2.24) is 9.88 Å². The van der Waals surface area contributed by atoms with Crippen LogP contribution < -0.4 is 14.2 Å². The molecule has 0 unspecified atom stereocenters. The number of methoxy groups -OCH3 is 3. The molecule has 248 valence electrons.